The summed E-state index contributed by atoms with van der Waals surface area (Å²) in [4.78, 5) is 16.4. The molecule has 4 heterocycles. The minimum Gasteiger partial charge on any atom is -0.353 e. The number of halogens is 3. The fourth-order valence-electron chi connectivity index (χ4n) is 3.84. The average molecular weight is 412 g/mol. The van der Waals surface area contributed by atoms with E-state index in [0.717, 1.165) is 11.3 Å². The molecule has 154 valence electrons. The molecule has 0 amide bonds. The van der Waals surface area contributed by atoms with Gasteiger partial charge in [-0.3, -0.25) is 4.90 Å². The highest BCUT2D eigenvalue weighted by Crippen LogP contribution is 2.32. The van der Waals surface area contributed by atoms with Gasteiger partial charge < -0.3 is 9.30 Å². The predicted octanol–water partition coefficient (Wildman–Crippen LogP) is 3.62. The third-order valence-corrected chi connectivity index (χ3v) is 5.31. The number of nitrogens with zero attached hydrogens (tertiary/aromatic N) is 6. The van der Waals surface area contributed by atoms with Crippen LogP contribution in [0.1, 0.15) is 11.5 Å². The van der Waals surface area contributed by atoms with Crippen LogP contribution >= 0.6 is 0 Å². The van der Waals surface area contributed by atoms with Crippen molar-refractivity contribution in [3.8, 4) is 0 Å². The zero-order valence-corrected chi connectivity index (χ0v) is 16.0. The smallest absolute Gasteiger partial charge is 0.353 e. The number of aromatic nitrogens is 4. The number of imidazole rings is 1. The first-order valence-corrected chi connectivity index (χ1v) is 9.71. The molecule has 4 aromatic rings. The second kappa shape index (κ2) is 7.24. The number of hydrogen-bond acceptors (Lipinski definition) is 5. The van der Waals surface area contributed by atoms with Crippen LogP contribution in [0.2, 0.25) is 0 Å². The van der Waals surface area contributed by atoms with Crippen LogP contribution in [0.4, 0.5) is 19.0 Å². The summed E-state index contributed by atoms with van der Waals surface area (Å²) < 4.78 is 41.9. The highest BCUT2D eigenvalue weighted by Gasteiger charge is 2.36. The van der Waals surface area contributed by atoms with Gasteiger partial charge in [0.2, 0.25) is 5.82 Å². The number of hydrogen-bond donors (Lipinski definition) is 0. The van der Waals surface area contributed by atoms with E-state index < -0.39 is 12.0 Å². The lowest BCUT2D eigenvalue weighted by atomic mass is 10.2. The molecule has 1 aliphatic rings. The van der Waals surface area contributed by atoms with Crippen molar-refractivity contribution in [3.63, 3.8) is 0 Å². The van der Waals surface area contributed by atoms with E-state index in [4.69, 9.17) is 0 Å². The minimum atomic E-state index is -4.58. The molecular weight excluding hydrogens is 393 g/mol. The molecule has 30 heavy (non-hydrogen) atoms. The molecule has 0 radical (unpaired) electrons. The number of alkyl halides is 3. The summed E-state index contributed by atoms with van der Waals surface area (Å²) in [6.45, 7) is 3.31. The molecule has 0 N–H and O–H groups in total. The van der Waals surface area contributed by atoms with Gasteiger partial charge in [0, 0.05) is 50.5 Å². The second-order valence-electron chi connectivity index (χ2n) is 7.35. The van der Waals surface area contributed by atoms with Gasteiger partial charge >= 0.3 is 6.18 Å². The summed E-state index contributed by atoms with van der Waals surface area (Å²) in [5.74, 6) is -0.747. The van der Waals surface area contributed by atoms with Crippen molar-refractivity contribution in [3.05, 3.63) is 66.4 Å². The largest absolute Gasteiger partial charge is 0.451 e. The Morgan fingerprint density at radius 2 is 1.63 bits per heavy atom. The van der Waals surface area contributed by atoms with Crippen molar-refractivity contribution >= 4 is 22.4 Å². The number of pyridine rings is 1. The van der Waals surface area contributed by atoms with Crippen LogP contribution < -0.4 is 4.90 Å². The van der Waals surface area contributed by atoms with E-state index in [9.17, 15) is 13.2 Å². The molecule has 1 saturated heterocycles. The summed E-state index contributed by atoms with van der Waals surface area (Å²) in [6.07, 6.45) is -0.610. The molecule has 0 bridgehead atoms. The van der Waals surface area contributed by atoms with Crippen LogP contribution in [0.25, 0.3) is 16.6 Å². The molecule has 0 aliphatic carbocycles. The summed E-state index contributed by atoms with van der Waals surface area (Å²) in [5.41, 5.74) is 2.18. The normalized spacial score (nSPS) is 15.9. The maximum absolute atomic E-state index is 13.3. The van der Waals surface area contributed by atoms with Crippen LogP contribution in [0.15, 0.2) is 54.9 Å². The number of anilines is 1. The van der Waals surface area contributed by atoms with E-state index in [1.165, 1.54) is 0 Å². The van der Waals surface area contributed by atoms with Gasteiger partial charge in [0.1, 0.15) is 11.5 Å². The topological polar surface area (TPSA) is 49.6 Å². The van der Waals surface area contributed by atoms with Crippen LogP contribution in [0, 0.1) is 0 Å². The van der Waals surface area contributed by atoms with Gasteiger partial charge in [0.05, 0.1) is 11.2 Å². The Labute approximate surface area is 170 Å². The highest BCUT2D eigenvalue weighted by atomic mass is 19.4. The number of rotatable bonds is 3. The first-order valence-electron chi connectivity index (χ1n) is 9.71. The van der Waals surface area contributed by atoms with Gasteiger partial charge in [-0.1, -0.05) is 18.2 Å². The number of fused-ring (bicyclic) bond motifs is 2. The molecule has 9 heteroatoms. The van der Waals surface area contributed by atoms with E-state index in [0.29, 0.717) is 49.4 Å². The van der Waals surface area contributed by atoms with Gasteiger partial charge in [0.25, 0.3) is 0 Å². The predicted molar refractivity (Wildman–Crippen MR) is 107 cm³/mol. The second-order valence-corrected chi connectivity index (χ2v) is 7.35. The maximum Gasteiger partial charge on any atom is 0.451 e. The Bertz CT molecular complexity index is 1160. The van der Waals surface area contributed by atoms with E-state index in [2.05, 4.69) is 19.9 Å². The van der Waals surface area contributed by atoms with Gasteiger partial charge in [-0.15, -0.1) is 0 Å². The van der Waals surface area contributed by atoms with Crippen molar-refractivity contribution in [1.82, 2.24) is 24.3 Å². The number of piperazine rings is 1. The van der Waals surface area contributed by atoms with Gasteiger partial charge in [0.15, 0.2) is 0 Å². The zero-order chi connectivity index (χ0) is 20.7. The third-order valence-electron chi connectivity index (χ3n) is 5.31. The van der Waals surface area contributed by atoms with Crippen molar-refractivity contribution in [2.75, 3.05) is 31.1 Å². The molecule has 0 saturated carbocycles. The van der Waals surface area contributed by atoms with Crippen molar-refractivity contribution in [2.45, 2.75) is 12.7 Å². The van der Waals surface area contributed by atoms with E-state index in [1.807, 2.05) is 39.9 Å². The summed E-state index contributed by atoms with van der Waals surface area (Å²) in [7, 11) is 0. The first-order chi connectivity index (χ1) is 14.5. The zero-order valence-electron chi connectivity index (χ0n) is 16.0. The van der Waals surface area contributed by atoms with E-state index >= 15 is 0 Å². The quantitative estimate of drug-likeness (QED) is 0.515. The lowest BCUT2D eigenvalue weighted by Crippen LogP contribution is -2.46. The SMILES string of the molecule is FC(F)(F)c1nc(N2CCN(Cc3cn4ccccc4n3)CC2)c2ccccc2n1. The van der Waals surface area contributed by atoms with Gasteiger partial charge in [-0.05, 0) is 24.3 Å². The molecule has 6 nitrogen and oxygen atoms in total. The molecule has 0 atom stereocenters. The van der Waals surface area contributed by atoms with Gasteiger partial charge in [-0.2, -0.15) is 13.2 Å². The van der Waals surface area contributed by atoms with Gasteiger partial charge in [-0.25, -0.2) is 15.0 Å². The van der Waals surface area contributed by atoms with Crippen molar-refractivity contribution < 1.29 is 13.2 Å². The molecule has 1 fully saturated rings. The number of para-hydroxylation sites is 1. The Morgan fingerprint density at radius 1 is 0.867 bits per heavy atom. The summed E-state index contributed by atoms with van der Waals surface area (Å²) in [6, 6.07) is 12.7. The standard InChI is InChI=1S/C21H19F3N6/c22-21(23,24)20-26-17-6-2-1-5-16(17)19(27-20)29-11-9-28(10-12-29)13-15-14-30-8-4-3-7-18(30)25-15/h1-8,14H,9-13H2. The monoisotopic (exact) mass is 412 g/mol. The fourth-order valence-corrected chi connectivity index (χ4v) is 3.84. The summed E-state index contributed by atoms with van der Waals surface area (Å²) in [5, 5.41) is 0.638. The Morgan fingerprint density at radius 3 is 2.40 bits per heavy atom. The Kier molecular flexibility index (Phi) is 4.54. The maximum atomic E-state index is 13.3. The molecule has 1 aromatic carbocycles. The first kappa shape index (κ1) is 18.8. The van der Waals surface area contributed by atoms with E-state index in [-0.39, 0.29) is 0 Å². The lowest BCUT2D eigenvalue weighted by molar-refractivity contribution is -0.144. The molecule has 0 unspecified atom stereocenters. The molecule has 5 rings (SSSR count). The van der Waals surface area contributed by atoms with Crippen molar-refractivity contribution in [2.24, 2.45) is 0 Å². The average Bonchev–Trinajstić information content (AvgIpc) is 3.15. The molecule has 3 aromatic heterocycles. The summed E-state index contributed by atoms with van der Waals surface area (Å²) >= 11 is 0. The number of benzene rings is 1. The highest BCUT2D eigenvalue weighted by molar-refractivity contribution is 5.89. The van der Waals surface area contributed by atoms with Crippen molar-refractivity contribution in [1.29, 1.82) is 0 Å². The molecular formula is C21H19F3N6. The van der Waals surface area contributed by atoms with Crippen LogP contribution in [0.5, 0.6) is 0 Å². The van der Waals surface area contributed by atoms with E-state index in [1.54, 1.807) is 24.3 Å². The minimum absolute atomic E-state index is 0.307. The third kappa shape index (κ3) is 3.56. The Balaban J connectivity index is 1.35. The van der Waals surface area contributed by atoms with Crippen LogP contribution in [0.3, 0.4) is 0 Å². The lowest BCUT2D eigenvalue weighted by Gasteiger charge is -2.35. The van der Waals surface area contributed by atoms with Crippen LogP contribution in [-0.4, -0.2) is 50.4 Å². The molecule has 0 spiro atoms. The van der Waals surface area contributed by atoms with Crippen LogP contribution in [-0.2, 0) is 12.7 Å². The fraction of sp³-hybridized carbons (Fsp3) is 0.286. The Hall–Kier alpha value is -3.20. The molecule has 1 aliphatic heterocycles.